The Morgan fingerprint density at radius 2 is 2.53 bits per heavy atom. The molecule has 0 saturated heterocycles. The van der Waals surface area contributed by atoms with Gasteiger partial charge >= 0.3 is 0 Å². The zero-order valence-electron chi connectivity index (χ0n) is 9.59. The number of amides is 1. The molecule has 4 N–H and O–H groups in total. The summed E-state index contributed by atoms with van der Waals surface area (Å²) in [6.07, 6.45) is 2.78. The second kappa shape index (κ2) is 6.51. The first-order valence-corrected chi connectivity index (χ1v) is 5.33. The minimum Gasteiger partial charge on any atom is -0.409 e. The predicted octanol–water partition coefficient (Wildman–Crippen LogP) is 0.454. The van der Waals surface area contributed by atoms with Gasteiger partial charge in [0.1, 0.15) is 0 Å². The van der Waals surface area contributed by atoms with E-state index in [-0.39, 0.29) is 18.3 Å². The minimum absolute atomic E-state index is 0.0816. The van der Waals surface area contributed by atoms with Crippen molar-refractivity contribution in [2.24, 2.45) is 16.8 Å². The molecule has 7 nitrogen and oxygen atoms in total. The molecule has 7 heteroatoms. The molecule has 0 aliphatic rings. The summed E-state index contributed by atoms with van der Waals surface area (Å²) in [7, 11) is 0. The standard InChI is InChI=1S/C10H16N4O3/c1-2-3-8(9(11)14-16)10(15)12-6-7-4-5-13-17-7/h4-5,8,16H,2-3,6H2,1H3,(H2,11,14)(H,12,15). The highest BCUT2D eigenvalue weighted by Gasteiger charge is 2.22. The molecule has 94 valence electrons. The number of nitrogens with zero attached hydrogens (tertiary/aromatic N) is 2. The first-order chi connectivity index (χ1) is 8.19. The lowest BCUT2D eigenvalue weighted by Crippen LogP contribution is -2.38. The summed E-state index contributed by atoms with van der Waals surface area (Å²) in [5.41, 5.74) is 5.46. The van der Waals surface area contributed by atoms with E-state index in [0.29, 0.717) is 12.2 Å². The molecule has 1 amide bonds. The number of rotatable bonds is 6. The molecule has 0 fully saturated rings. The lowest BCUT2D eigenvalue weighted by molar-refractivity contribution is -0.123. The van der Waals surface area contributed by atoms with Gasteiger partial charge in [-0.25, -0.2) is 0 Å². The molecule has 0 aliphatic carbocycles. The summed E-state index contributed by atoms with van der Waals surface area (Å²) in [6, 6.07) is 1.65. The van der Waals surface area contributed by atoms with Crippen LogP contribution in [0.25, 0.3) is 0 Å². The molecule has 0 aliphatic heterocycles. The molecule has 0 bridgehead atoms. The molecule has 0 radical (unpaired) electrons. The van der Waals surface area contributed by atoms with Gasteiger partial charge in [0.15, 0.2) is 11.6 Å². The molecule has 0 saturated carbocycles. The van der Waals surface area contributed by atoms with Crippen molar-refractivity contribution in [3.63, 3.8) is 0 Å². The Bertz CT molecular complexity index is 375. The van der Waals surface area contributed by atoms with Gasteiger partial charge in [-0.05, 0) is 6.42 Å². The number of nitrogens with two attached hydrogens (primary N) is 1. The van der Waals surface area contributed by atoms with E-state index in [1.54, 1.807) is 6.07 Å². The summed E-state index contributed by atoms with van der Waals surface area (Å²) >= 11 is 0. The number of amidine groups is 1. The van der Waals surface area contributed by atoms with Crippen LogP contribution < -0.4 is 11.1 Å². The monoisotopic (exact) mass is 240 g/mol. The van der Waals surface area contributed by atoms with Gasteiger partial charge in [-0.3, -0.25) is 4.79 Å². The summed E-state index contributed by atoms with van der Waals surface area (Å²) in [4.78, 5) is 11.8. The SMILES string of the molecule is CCCC(C(=O)NCc1ccno1)C(N)=NO. The van der Waals surface area contributed by atoms with Crippen LogP contribution >= 0.6 is 0 Å². The second-order valence-electron chi connectivity index (χ2n) is 3.56. The number of oxime groups is 1. The minimum atomic E-state index is -0.618. The normalized spacial score (nSPS) is 13.4. The third kappa shape index (κ3) is 3.78. The van der Waals surface area contributed by atoms with Crippen LogP contribution in [0.2, 0.25) is 0 Å². The Kier molecular flexibility index (Phi) is 4.99. The van der Waals surface area contributed by atoms with Crippen LogP contribution in [0.15, 0.2) is 21.9 Å². The maximum atomic E-state index is 11.8. The smallest absolute Gasteiger partial charge is 0.231 e. The highest BCUT2D eigenvalue weighted by atomic mass is 16.5. The van der Waals surface area contributed by atoms with E-state index in [0.717, 1.165) is 6.42 Å². The third-order valence-corrected chi connectivity index (χ3v) is 2.29. The molecule has 1 aromatic heterocycles. The van der Waals surface area contributed by atoms with Crippen LogP contribution in [0, 0.1) is 5.92 Å². The van der Waals surface area contributed by atoms with Crippen molar-refractivity contribution >= 4 is 11.7 Å². The van der Waals surface area contributed by atoms with Crippen LogP contribution in [0.1, 0.15) is 25.5 Å². The van der Waals surface area contributed by atoms with Crippen LogP contribution in [-0.2, 0) is 11.3 Å². The largest absolute Gasteiger partial charge is 0.409 e. The average Bonchev–Trinajstić information content (AvgIpc) is 2.85. The maximum absolute atomic E-state index is 11.8. The third-order valence-electron chi connectivity index (χ3n) is 2.29. The quantitative estimate of drug-likeness (QED) is 0.289. The van der Waals surface area contributed by atoms with E-state index in [1.165, 1.54) is 6.20 Å². The van der Waals surface area contributed by atoms with Crippen LogP contribution in [0.3, 0.4) is 0 Å². The zero-order valence-corrected chi connectivity index (χ0v) is 9.59. The van der Waals surface area contributed by atoms with Crippen molar-refractivity contribution in [1.82, 2.24) is 10.5 Å². The fourth-order valence-corrected chi connectivity index (χ4v) is 1.40. The number of nitrogens with one attached hydrogen (secondary N) is 1. The van der Waals surface area contributed by atoms with E-state index in [9.17, 15) is 4.79 Å². The number of hydrogen-bond donors (Lipinski definition) is 3. The highest BCUT2D eigenvalue weighted by molar-refractivity contribution is 6.01. The van der Waals surface area contributed by atoms with Gasteiger partial charge in [0.25, 0.3) is 0 Å². The fraction of sp³-hybridized carbons (Fsp3) is 0.500. The Hall–Kier alpha value is -2.05. The molecule has 1 aromatic rings. The number of carbonyl (C=O) groups is 1. The molecule has 1 rings (SSSR count). The number of aromatic nitrogens is 1. The van der Waals surface area contributed by atoms with Gasteiger partial charge in [0.05, 0.1) is 18.7 Å². The Morgan fingerprint density at radius 1 is 1.76 bits per heavy atom. The van der Waals surface area contributed by atoms with E-state index < -0.39 is 5.92 Å². The maximum Gasteiger partial charge on any atom is 0.231 e. The van der Waals surface area contributed by atoms with Gasteiger partial charge in [0.2, 0.25) is 5.91 Å². The van der Waals surface area contributed by atoms with Crippen molar-refractivity contribution in [3.8, 4) is 0 Å². The Labute approximate surface area is 98.6 Å². The van der Waals surface area contributed by atoms with Gasteiger partial charge in [0, 0.05) is 6.07 Å². The lowest BCUT2D eigenvalue weighted by atomic mass is 10.0. The Balaban J connectivity index is 2.53. The predicted molar refractivity (Wildman–Crippen MR) is 60.2 cm³/mol. The molecule has 0 aromatic carbocycles. The highest BCUT2D eigenvalue weighted by Crippen LogP contribution is 2.07. The van der Waals surface area contributed by atoms with Gasteiger partial charge in [-0.2, -0.15) is 0 Å². The molecule has 1 atom stereocenters. The first kappa shape index (κ1) is 13.0. The second-order valence-corrected chi connectivity index (χ2v) is 3.56. The van der Waals surface area contributed by atoms with Gasteiger partial charge in [-0.15, -0.1) is 0 Å². The van der Waals surface area contributed by atoms with E-state index in [2.05, 4.69) is 15.6 Å². The van der Waals surface area contributed by atoms with Crippen molar-refractivity contribution in [2.45, 2.75) is 26.3 Å². The fourth-order valence-electron chi connectivity index (χ4n) is 1.40. The van der Waals surface area contributed by atoms with Gasteiger partial charge in [-0.1, -0.05) is 23.7 Å². The molecular weight excluding hydrogens is 224 g/mol. The molecule has 1 unspecified atom stereocenters. The van der Waals surface area contributed by atoms with Crippen molar-refractivity contribution in [3.05, 3.63) is 18.0 Å². The van der Waals surface area contributed by atoms with E-state index in [1.807, 2.05) is 6.92 Å². The average molecular weight is 240 g/mol. The number of carbonyl (C=O) groups excluding carboxylic acids is 1. The summed E-state index contributed by atoms with van der Waals surface area (Å²) in [5, 5.41) is 17.6. The molecule has 1 heterocycles. The Morgan fingerprint density at radius 3 is 3.06 bits per heavy atom. The first-order valence-electron chi connectivity index (χ1n) is 5.33. The summed E-state index contributed by atoms with van der Waals surface area (Å²) in [5.74, 6) is -0.443. The van der Waals surface area contributed by atoms with Crippen LogP contribution in [-0.4, -0.2) is 22.1 Å². The lowest BCUT2D eigenvalue weighted by Gasteiger charge is -2.13. The van der Waals surface area contributed by atoms with Gasteiger partial charge < -0.3 is 20.8 Å². The van der Waals surface area contributed by atoms with E-state index in [4.69, 9.17) is 15.5 Å². The van der Waals surface area contributed by atoms with Crippen LogP contribution in [0.4, 0.5) is 0 Å². The van der Waals surface area contributed by atoms with Crippen molar-refractivity contribution in [1.29, 1.82) is 0 Å². The van der Waals surface area contributed by atoms with E-state index >= 15 is 0 Å². The van der Waals surface area contributed by atoms with Crippen molar-refractivity contribution < 1.29 is 14.5 Å². The van der Waals surface area contributed by atoms with Crippen molar-refractivity contribution in [2.75, 3.05) is 0 Å². The molecular formula is C10H16N4O3. The summed E-state index contributed by atoms with van der Waals surface area (Å²) < 4.78 is 4.83. The van der Waals surface area contributed by atoms with Crippen LogP contribution in [0.5, 0.6) is 0 Å². The zero-order chi connectivity index (χ0) is 12.7. The number of hydrogen-bond acceptors (Lipinski definition) is 5. The topological polar surface area (TPSA) is 114 Å². The molecule has 0 spiro atoms. The molecule has 17 heavy (non-hydrogen) atoms. The summed E-state index contributed by atoms with van der Waals surface area (Å²) in [6.45, 7) is 2.15.